The highest BCUT2D eigenvalue weighted by molar-refractivity contribution is 6.03. The van der Waals surface area contributed by atoms with Crippen LogP contribution in [0.2, 0.25) is 0 Å². The molecule has 0 aromatic heterocycles. The van der Waals surface area contributed by atoms with Crippen molar-refractivity contribution in [3.8, 4) is 0 Å². The molecular weight excluding hydrogens is 385 g/mol. The molecule has 1 aliphatic carbocycles. The number of benzene rings is 1. The summed E-state index contributed by atoms with van der Waals surface area (Å²) in [5.74, 6) is -14.7. The second-order valence-corrected chi connectivity index (χ2v) is 6.48. The van der Waals surface area contributed by atoms with Gasteiger partial charge in [-0.2, -0.15) is 40.8 Å². The summed E-state index contributed by atoms with van der Waals surface area (Å²) in [6.07, 6.45) is -7.55. The third-order valence-corrected chi connectivity index (χ3v) is 4.48. The van der Waals surface area contributed by atoms with Crippen LogP contribution in [-0.4, -0.2) is 45.5 Å². The molecule has 1 aliphatic heterocycles. The van der Waals surface area contributed by atoms with E-state index in [2.05, 4.69) is 5.10 Å². The largest absolute Gasteiger partial charge is 0.460 e. The minimum atomic E-state index is -6.64. The first-order chi connectivity index (χ1) is 12.3. The van der Waals surface area contributed by atoms with Gasteiger partial charge in [-0.1, -0.05) is 30.3 Å². The molecule has 1 heterocycles. The summed E-state index contributed by atoms with van der Waals surface area (Å²) in [6, 6.07) is 7.12. The first-order valence-corrected chi connectivity index (χ1v) is 7.84. The Labute approximate surface area is 148 Å². The minimum Gasteiger partial charge on any atom is -0.364 e. The number of hydrogen-bond acceptors (Lipinski definition) is 3. The fraction of sp³-hybridized carbons (Fsp3) is 0.500. The maximum absolute atomic E-state index is 14.4. The molecule has 1 aromatic rings. The summed E-state index contributed by atoms with van der Waals surface area (Å²) in [6.45, 7) is 0. The third kappa shape index (κ3) is 2.88. The highest BCUT2D eigenvalue weighted by Crippen LogP contribution is 2.55. The quantitative estimate of drug-likeness (QED) is 0.789. The number of alkyl halides is 7. The van der Waals surface area contributed by atoms with Gasteiger partial charge in [-0.3, -0.25) is 4.79 Å². The van der Waals surface area contributed by atoms with E-state index in [-0.39, 0.29) is 23.4 Å². The Morgan fingerprint density at radius 2 is 1.63 bits per heavy atom. The normalized spacial score (nSPS) is 24.1. The molecule has 1 aromatic carbocycles. The van der Waals surface area contributed by atoms with Crippen LogP contribution in [0.5, 0.6) is 0 Å². The van der Waals surface area contributed by atoms with Crippen molar-refractivity contribution in [2.24, 2.45) is 11.0 Å². The molecule has 1 N–H and O–H groups in total. The fourth-order valence-electron chi connectivity index (χ4n) is 2.75. The van der Waals surface area contributed by atoms with Crippen LogP contribution in [0.25, 0.3) is 0 Å². The van der Waals surface area contributed by atoms with Gasteiger partial charge in [0.2, 0.25) is 11.6 Å². The molecule has 148 valence electrons. The van der Waals surface area contributed by atoms with Crippen molar-refractivity contribution in [3.63, 3.8) is 0 Å². The topological polar surface area (TPSA) is 52.9 Å². The van der Waals surface area contributed by atoms with Gasteiger partial charge in [-0.25, -0.2) is 0 Å². The van der Waals surface area contributed by atoms with Gasteiger partial charge in [-0.15, -0.1) is 0 Å². The van der Waals surface area contributed by atoms with Crippen LogP contribution >= 0.6 is 0 Å². The van der Waals surface area contributed by atoms with Gasteiger partial charge in [-0.05, 0) is 18.4 Å². The number of carbonyl (C=O) groups is 1. The number of amides is 1. The zero-order valence-electron chi connectivity index (χ0n) is 13.5. The summed E-state index contributed by atoms with van der Waals surface area (Å²) in [7, 11) is 0. The summed E-state index contributed by atoms with van der Waals surface area (Å²) >= 11 is 0. The Kier molecular flexibility index (Phi) is 4.29. The highest BCUT2D eigenvalue weighted by Gasteiger charge is 2.82. The van der Waals surface area contributed by atoms with Crippen molar-refractivity contribution >= 4 is 11.6 Å². The smallest absolute Gasteiger partial charge is 0.364 e. The van der Waals surface area contributed by atoms with E-state index in [1.54, 1.807) is 6.07 Å². The predicted molar refractivity (Wildman–Crippen MR) is 78.1 cm³/mol. The average molecular weight is 398 g/mol. The molecule has 0 saturated heterocycles. The lowest BCUT2D eigenvalue weighted by atomic mass is 9.91. The van der Waals surface area contributed by atoms with E-state index in [9.17, 15) is 40.6 Å². The number of nitrogens with zero attached hydrogens (tertiary/aromatic N) is 2. The fourth-order valence-corrected chi connectivity index (χ4v) is 2.75. The third-order valence-electron chi connectivity index (χ3n) is 4.48. The molecule has 4 nitrogen and oxygen atoms in total. The lowest BCUT2D eigenvalue weighted by Crippen LogP contribution is -2.69. The molecule has 27 heavy (non-hydrogen) atoms. The monoisotopic (exact) mass is 398 g/mol. The molecule has 3 rings (SSSR count). The molecule has 0 unspecified atom stereocenters. The summed E-state index contributed by atoms with van der Waals surface area (Å²) in [4.78, 5) is 12.2. The van der Waals surface area contributed by atoms with E-state index in [1.165, 1.54) is 24.3 Å². The molecule has 0 spiro atoms. The van der Waals surface area contributed by atoms with Crippen molar-refractivity contribution in [2.75, 3.05) is 0 Å². The summed E-state index contributed by atoms with van der Waals surface area (Å²) in [5.41, 5.74) is -4.45. The molecule has 1 saturated carbocycles. The molecule has 2 aliphatic rings. The zero-order chi connectivity index (χ0) is 20.3. The van der Waals surface area contributed by atoms with Crippen LogP contribution in [0.15, 0.2) is 35.4 Å². The van der Waals surface area contributed by atoms with Crippen LogP contribution in [0.1, 0.15) is 24.8 Å². The number of carbonyl (C=O) groups excluding carboxylic acids is 1. The number of rotatable bonds is 4. The van der Waals surface area contributed by atoms with Gasteiger partial charge in [0, 0.05) is 12.3 Å². The molecule has 1 fully saturated rings. The van der Waals surface area contributed by atoms with Crippen molar-refractivity contribution in [3.05, 3.63) is 35.9 Å². The van der Waals surface area contributed by atoms with Crippen molar-refractivity contribution in [1.29, 1.82) is 0 Å². The molecule has 0 bridgehead atoms. The van der Waals surface area contributed by atoms with Crippen LogP contribution in [0, 0.1) is 5.92 Å². The van der Waals surface area contributed by atoms with Crippen molar-refractivity contribution < 1.29 is 40.6 Å². The van der Waals surface area contributed by atoms with Gasteiger partial charge >= 0.3 is 18.0 Å². The number of halogens is 7. The number of hydrazone groups is 1. The van der Waals surface area contributed by atoms with Crippen molar-refractivity contribution in [2.45, 2.75) is 43.0 Å². The van der Waals surface area contributed by atoms with Gasteiger partial charge in [0.25, 0.3) is 0 Å². The van der Waals surface area contributed by atoms with Crippen LogP contribution in [-0.2, 0) is 4.79 Å². The minimum absolute atomic E-state index is 0.105. The van der Waals surface area contributed by atoms with Gasteiger partial charge < -0.3 is 5.11 Å². The zero-order valence-corrected chi connectivity index (χ0v) is 13.5. The summed E-state index contributed by atoms with van der Waals surface area (Å²) in [5, 5.41) is 13.5. The number of hydrogen-bond donors (Lipinski definition) is 1. The standard InChI is InChI=1S/C16H13F7N2O2/c17-14(18,15(19,20)16(21,22)23)13(27)8-11(9-4-2-1-3-5-9)24-25(13)12(26)10-6-7-10/h1-5,10,27H,6-8H2/t13-/m0/s1. The second kappa shape index (κ2) is 5.91. The predicted octanol–water partition coefficient (Wildman–Crippen LogP) is 3.55. The van der Waals surface area contributed by atoms with E-state index in [4.69, 9.17) is 0 Å². The Hall–Kier alpha value is -2.17. The molecular formula is C16H13F7N2O2. The van der Waals surface area contributed by atoms with E-state index < -0.39 is 47.7 Å². The van der Waals surface area contributed by atoms with Crippen molar-refractivity contribution in [1.82, 2.24) is 5.01 Å². The van der Waals surface area contributed by atoms with Crippen LogP contribution in [0.4, 0.5) is 30.7 Å². The maximum Gasteiger partial charge on any atom is 0.460 e. The highest BCUT2D eigenvalue weighted by atomic mass is 19.4. The Morgan fingerprint density at radius 3 is 2.11 bits per heavy atom. The van der Waals surface area contributed by atoms with E-state index in [1.807, 2.05) is 0 Å². The first kappa shape index (κ1) is 19.6. The average Bonchev–Trinajstić information content (AvgIpc) is 3.36. The maximum atomic E-state index is 14.4. The lowest BCUT2D eigenvalue weighted by Gasteiger charge is -2.41. The Balaban J connectivity index is 2.07. The van der Waals surface area contributed by atoms with Gasteiger partial charge in [0.05, 0.1) is 5.71 Å². The van der Waals surface area contributed by atoms with Crippen LogP contribution in [0.3, 0.4) is 0 Å². The Bertz CT molecular complexity index is 775. The van der Waals surface area contributed by atoms with Gasteiger partial charge in [0.15, 0.2) is 0 Å². The lowest BCUT2D eigenvalue weighted by molar-refractivity contribution is -0.401. The van der Waals surface area contributed by atoms with E-state index >= 15 is 0 Å². The van der Waals surface area contributed by atoms with E-state index in [0.717, 1.165) is 0 Å². The first-order valence-electron chi connectivity index (χ1n) is 7.84. The van der Waals surface area contributed by atoms with Crippen LogP contribution < -0.4 is 0 Å². The van der Waals surface area contributed by atoms with E-state index in [0.29, 0.717) is 0 Å². The van der Waals surface area contributed by atoms with Gasteiger partial charge in [0.1, 0.15) is 0 Å². The molecule has 0 radical (unpaired) electrons. The summed E-state index contributed by atoms with van der Waals surface area (Å²) < 4.78 is 93.7. The number of aliphatic hydroxyl groups is 1. The molecule has 1 amide bonds. The Morgan fingerprint density at radius 1 is 1.07 bits per heavy atom. The second-order valence-electron chi connectivity index (χ2n) is 6.48. The SMILES string of the molecule is O=C(C1CC1)N1N=C(c2ccccc2)C[C@]1(O)C(F)(F)C(F)(F)C(F)(F)F. The molecule has 11 heteroatoms. The molecule has 1 atom stereocenters.